The predicted molar refractivity (Wildman–Crippen MR) is 98.9 cm³/mol. The summed E-state index contributed by atoms with van der Waals surface area (Å²) in [6, 6.07) is 5.18. The Bertz CT molecular complexity index is 633. The van der Waals surface area contributed by atoms with Crippen molar-refractivity contribution in [1.29, 1.82) is 0 Å². The predicted octanol–water partition coefficient (Wildman–Crippen LogP) is 4.45. The molecule has 25 heavy (non-hydrogen) atoms. The minimum atomic E-state index is -0.196. The van der Waals surface area contributed by atoms with Gasteiger partial charge in [-0.25, -0.2) is 4.39 Å². The van der Waals surface area contributed by atoms with Crippen molar-refractivity contribution >= 4 is 5.97 Å². The summed E-state index contributed by atoms with van der Waals surface area (Å²) in [7, 11) is 1.41. The normalized spacial score (nSPS) is 17.6. The maximum absolute atomic E-state index is 13.7. The minimum absolute atomic E-state index is 0.0696. The van der Waals surface area contributed by atoms with Gasteiger partial charge in [0.2, 0.25) is 0 Å². The first-order valence-corrected chi connectivity index (χ1v) is 8.99. The third-order valence-corrected chi connectivity index (χ3v) is 4.97. The lowest BCUT2D eigenvalue weighted by molar-refractivity contribution is -0.140. The van der Waals surface area contributed by atoms with Crippen LogP contribution in [0.1, 0.15) is 51.2 Å². The Kier molecular flexibility index (Phi) is 6.26. The van der Waals surface area contributed by atoms with Gasteiger partial charge in [0.25, 0.3) is 0 Å². The van der Waals surface area contributed by atoms with Gasteiger partial charge < -0.3 is 9.64 Å². The van der Waals surface area contributed by atoms with Crippen LogP contribution >= 0.6 is 0 Å². The number of hydrogen-bond acceptors (Lipinski definition) is 3. The lowest BCUT2D eigenvalue weighted by atomic mass is 9.81. The number of rotatable bonds is 6. The number of carbonyl (C=O) groups is 1. The second-order valence-electron chi connectivity index (χ2n) is 8.00. The third kappa shape index (κ3) is 5.32. The van der Waals surface area contributed by atoms with Crippen molar-refractivity contribution in [3.05, 3.63) is 47.4 Å². The van der Waals surface area contributed by atoms with Crippen molar-refractivity contribution in [2.75, 3.05) is 20.2 Å². The molecule has 1 unspecified atom stereocenters. The summed E-state index contributed by atoms with van der Waals surface area (Å²) >= 11 is 0. The molecule has 1 atom stereocenters. The smallest absolute Gasteiger partial charge is 0.305 e. The molecule has 1 saturated heterocycles. The Morgan fingerprint density at radius 1 is 1.36 bits per heavy atom. The summed E-state index contributed by atoms with van der Waals surface area (Å²) in [5.74, 6) is 0.164. The van der Waals surface area contributed by atoms with E-state index in [0.29, 0.717) is 18.8 Å². The highest BCUT2D eigenvalue weighted by Crippen LogP contribution is 2.31. The summed E-state index contributed by atoms with van der Waals surface area (Å²) in [4.78, 5) is 13.6. The molecule has 0 N–H and O–H groups in total. The molecule has 2 rings (SSSR count). The van der Waals surface area contributed by atoms with Crippen LogP contribution in [-0.2, 0) is 21.4 Å². The molecular formula is C21H30FNO2. The van der Waals surface area contributed by atoms with Crippen molar-refractivity contribution < 1.29 is 13.9 Å². The number of benzene rings is 1. The van der Waals surface area contributed by atoms with Gasteiger partial charge >= 0.3 is 5.97 Å². The molecule has 138 valence electrons. The summed E-state index contributed by atoms with van der Waals surface area (Å²) in [5, 5.41) is 0. The van der Waals surface area contributed by atoms with Crippen LogP contribution in [0.2, 0.25) is 0 Å². The molecular weight excluding hydrogens is 317 g/mol. The first-order valence-electron chi connectivity index (χ1n) is 8.99. The van der Waals surface area contributed by atoms with Gasteiger partial charge in [0, 0.05) is 18.8 Å². The van der Waals surface area contributed by atoms with E-state index in [-0.39, 0.29) is 17.2 Å². The summed E-state index contributed by atoms with van der Waals surface area (Å²) in [6.07, 6.45) is 3.07. The number of esters is 1. The third-order valence-electron chi connectivity index (χ3n) is 4.97. The number of nitrogens with zero attached hydrogens (tertiary/aromatic N) is 1. The van der Waals surface area contributed by atoms with Gasteiger partial charge in [-0.2, -0.15) is 0 Å². The lowest BCUT2D eigenvalue weighted by Crippen LogP contribution is -2.21. The molecule has 0 radical (unpaired) electrons. The number of halogens is 1. The maximum atomic E-state index is 13.7. The molecule has 0 bridgehead atoms. The van der Waals surface area contributed by atoms with Crippen LogP contribution in [0.3, 0.4) is 0 Å². The average Bonchev–Trinajstić information content (AvgIpc) is 3.01. The van der Waals surface area contributed by atoms with Crippen LogP contribution in [0.15, 0.2) is 30.5 Å². The fraction of sp³-hybridized carbons (Fsp3) is 0.571. The highest BCUT2D eigenvalue weighted by Gasteiger charge is 2.26. The van der Waals surface area contributed by atoms with E-state index in [1.807, 2.05) is 6.07 Å². The zero-order valence-electron chi connectivity index (χ0n) is 15.9. The average molecular weight is 347 g/mol. The van der Waals surface area contributed by atoms with Crippen molar-refractivity contribution in [2.24, 2.45) is 5.92 Å². The van der Waals surface area contributed by atoms with E-state index in [1.165, 1.54) is 12.7 Å². The van der Waals surface area contributed by atoms with Crippen molar-refractivity contribution in [3.63, 3.8) is 0 Å². The fourth-order valence-electron chi connectivity index (χ4n) is 3.53. The van der Waals surface area contributed by atoms with Crippen molar-refractivity contribution in [2.45, 2.75) is 51.9 Å². The Balaban J connectivity index is 1.97. The van der Waals surface area contributed by atoms with E-state index in [9.17, 15) is 9.18 Å². The first kappa shape index (κ1) is 19.5. The largest absolute Gasteiger partial charge is 0.469 e. The molecule has 0 aromatic heterocycles. The van der Waals surface area contributed by atoms with Gasteiger partial charge in [0.05, 0.1) is 13.5 Å². The molecule has 0 aliphatic carbocycles. The molecule has 1 aliphatic heterocycles. The van der Waals surface area contributed by atoms with Crippen molar-refractivity contribution in [3.8, 4) is 0 Å². The number of methoxy groups -OCH3 is 1. The number of allylic oxidation sites excluding steroid dienone is 1. The molecule has 1 heterocycles. The first-order chi connectivity index (χ1) is 11.7. The lowest BCUT2D eigenvalue weighted by Gasteiger charge is -2.25. The number of hydrogen-bond donors (Lipinski definition) is 0. The van der Waals surface area contributed by atoms with E-state index < -0.39 is 0 Å². The quantitative estimate of drug-likeness (QED) is 0.712. The molecule has 0 amide bonds. The number of likely N-dealkylation sites (tertiary alicyclic amines) is 1. The van der Waals surface area contributed by atoms with Gasteiger partial charge in [-0.05, 0) is 53.9 Å². The van der Waals surface area contributed by atoms with E-state index in [2.05, 4.69) is 37.0 Å². The van der Waals surface area contributed by atoms with Gasteiger partial charge in [-0.1, -0.05) is 33.4 Å². The van der Waals surface area contributed by atoms with Crippen LogP contribution in [0, 0.1) is 11.7 Å². The topological polar surface area (TPSA) is 29.5 Å². The molecule has 0 spiro atoms. The fourth-order valence-corrected chi connectivity index (χ4v) is 3.53. The summed E-state index contributed by atoms with van der Waals surface area (Å²) in [6.45, 7) is 12.4. The van der Waals surface area contributed by atoms with E-state index in [0.717, 1.165) is 37.2 Å². The number of ether oxygens (including phenoxy) is 1. The SMILES string of the molecule is C=C(CCC(=O)OC)N1CCC(Cc2ccc(F)cc2C(C)(C)C)C1. The van der Waals surface area contributed by atoms with Crippen molar-refractivity contribution in [1.82, 2.24) is 4.90 Å². The van der Waals surface area contributed by atoms with Crippen LogP contribution in [0.25, 0.3) is 0 Å². The molecule has 4 heteroatoms. The van der Waals surface area contributed by atoms with Gasteiger partial charge in [0.15, 0.2) is 0 Å². The van der Waals surface area contributed by atoms with E-state index in [1.54, 1.807) is 12.1 Å². The molecule has 0 saturated carbocycles. The highest BCUT2D eigenvalue weighted by atomic mass is 19.1. The zero-order valence-corrected chi connectivity index (χ0v) is 15.9. The van der Waals surface area contributed by atoms with E-state index >= 15 is 0 Å². The van der Waals surface area contributed by atoms with Gasteiger partial charge in [-0.3, -0.25) is 4.79 Å². The molecule has 3 nitrogen and oxygen atoms in total. The minimum Gasteiger partial charge on any atom is -0.469 e. The maximum Gasteiger partial charge on any atom is 0.305 e. The monoisotopic (exact) mass is 347 g/mol. The Hall–Kier alpha value is -1.84. The molecule has 1 aromatic carbocycles. The Morgan fingerprint density at radius 3 is 2.72 bits per heavy atom. The van der Waals surface area contributed by atoms with Crippen LogP contribution < -0.4 is 0 Å². The summed E-state index contributed by atoms with van der Waals surface area (Å²) < 4.78 is 18.4. The number of carbonyl (C=O) groups excluding carboxylic acids is 1. The van der Waals surface area contributed by atoms with Crippen LogP contribution in [0.4, 0.5) is 4.39 Å². The highest BCUT2D eigenvalue weighted by molar-refractivity contribution is 5.69. The zero-order chi connectivity index (χ0) is 18.6. The molecule has 1 aromatic rings. The van der Waals surface area contributed by atoms with Crippen LogP contribution in [-0.4, -0.2) is 31.1 Å². The van der Waals surface area contributed by atoms with Crippen LogP contribution in [0.5, 0.6) is 0 Å². The Morgan fingerprint density at radius 2 is 2.08 bits per heavy atom. The van der Waals surface area contributed by atoms with Gasteiger partial charge in [0.1, 0.15) is 5.82 Å². The Labute approximate surface area is 150 Å². The summed E-state index contributed by atoms with van der Waals surface area (Å²) in [5.41, 5.74) is 3.26. The molecule has 1 aliphatic rings. The second kappa shape index (κ2) is 8.03. The van der Waals surface area contributed by atoms with Gasteiger partial charge in [-0.15, -0.1) is 0 Å². The standard InChI is InChI=1S/C21H30FNO2/c1-15(6-9-20(24)25-5)23-11-10-16(14-23)12-17-7-8-18(22)13-19(17)21(2,3)4/h7-8,13,16H,1,6,9-12,14H2,2-5H3. The van der Waals surface area contributed by atoms with E-state index in [4.69, 9.17) is 0 Å². The molecule has 1 fully saturated rings. The second-order valence-corrected chi connectivity index (χ2v) is 8.00.